The van der Waals surface area contributed by atoms with Crippen molar-refractivity contribution in [3.05, 3.63) is 199 Å². The van der Waals surface area contributed by atoms with Gasteiger partial charge in [0.25, 0.3) is 17.3 Å². The predicted octanol–water partition coefficient (Wildman–Crippen LogP) is 6.71. The molecule has 22 nitrogen and oxygen atoms in total. The number of aliphatic hydroxyl groups excluding tert-OH is 1. The van der Waals surface area contributed by atoms with Crippen molar-refractivity contribution in [2.24, 2.45) is 16.7 Å². The molecule has 3 aliphatic carbocycles. The van der Waals surface area contributed by atoms with E-state index in [9.17, 15) is 54.4 Å². The molecule has 2 saturated carbocycles. The number of nitro groups is 2. The molecule has 22 heteroatoms. The van der Waals surface area contributed by atoms with Crippen LogP contribution in [0.25, 0.3) is 0 Å². The molecule has 0 spiro atoms. The van der Waals surface area contributed by atoms with Crippen molar-refractivity contribution in [3.63, 3.8) is 0 Å². The average molecular weight is 1110 g/mol. The van der Waals surface area contributed by atoms with Crippen LogP contribution in [-0.4, -0.2) is 116 Å². The minimum atomic E-state index is -2.70. The Hall–Kier alpha value is -8.99. The summed E-state index contributed by atoms with van der Waals surface area (Å²) in [6, 6.07) is 30.7. The van der Waals surface area contributed by atoms with E-state index >= 15 is 9.59 Å². The number of esters is 5. The third kappa shape index (κ3) is 9.99. The van der Waals surface area contributed by atoms with Crippen LogP contribution in [-0.2, 0) is 42.8 Å². The van der Waals surface area contributed by atoms with Crippen LogP contribution in [0.15, 0.2) is 151 Å². The molecule has 0 unspecified atom stereocenters. The second kappa shape index (κ2) is 21.9. The zero-order valence-corrected chi connectivity index (χ0v) is 44.2. The molecule has 4 aliphatic rings. The summed E-state index contributed by atoms with van der Waals surface area (Å²) in [5, 5.41) is 54.0. The van der Waals surface area contributed by atoms with E-state index in [2.05, 4.69) is 5.32 Å². The van der Waals surface area contributed by atoms with Gasteiger partial charge in [-0.25, -0.2) is 19.2 Å². The molecule has 1 saturated heterocycles. The highest BCUT2D eigenvalue weighted by Crippen LogP contribution is 2.64. The number of Topliss-reactive ketones (excluding diaryl/α,β-unsaturated/α-hetero) is 1. The van der Waals surface area contributed by atoms with Crippen molar-refractivity contribution < 1.29 is 82.0 Å². The number of benzene rings is 5. The molecule has 11 atom stereocenters. The minimum absolute atomic E-state index is 0.0527. The zero-order valence-electron chi connectivity index (χ0n) is 44.2. The van der Waals surface area contributed by atoms with Gasteiger partial charge in [-0.3, -0.25) is 34.6 Å². The molecule has 3 fully saturated rings. The highest BCUT2D eigenvalue weighted by Gasteiger charge is 2.78. The first kappa shape index (κ1) is 56.7. The van der Waals surface area contributed by atoms with Gasteiger partial charge >= 0.3 is 29.8 Å². The van der Waals surface area contributed by atoms with Gasteiger partial charge < -0.3 is 44.0 Å². The lowest BCUT2D eigenvalue weighted by molar-refractivity contribution is -0.385. The second-order valence-corrected chi connectivity index (χ2v) is 21.1. The molecule has 420 valence electrons. The summed E-state index contributed by atoms with van der Waals surface area (Å²) < 4.78 is 37.1. The summed E-state index contributed by atoms with van der Waals surface area (Å²) in [7, 11) is 0. The second-order valence-electron chi connectivity index (χ2n) is 21.1. The fraction of sp³-hybridized carbons (Fsp3) is 0.339. The van der Waals surface area contributed by atoms with Crippen molar-refractivity contribution in [2.75, 3.05) is 6.61 Å². The Labute approximate surface area is 462 Å². The summed E-state index contributed by atoms with van der Waals surface area (Å²) in [6.45, 7) is 6.08. The van der Waals surface area contributed by atoms with Crippen LogP contribution in [0.3, 0.4) is 0 Å². The molecule has 1 amide bonds. The van der Waals surface area contributed by atoms with Crippen molar-refractivity contribution in [1.82, 2.24) is 5.32 Å². The number of amides is 1. The van der Waals surface area contributed by atoms with Crippen molar-refractivity contribution in [1.29, 1.82) is 0 Å². The Morgan fingerprint density at radius 1 is 0.716 bits per heavy atom. The van der Waals surface area contributed by atoms with E-state index in [4.69, 9.17) is 28.4 Å². The first-order valence-electron chi connectivity index (χ1n) is 25.7. The number of ether oxygens (including phenoxy) is 6. The summed E-state index contributed by atoms with van der Waals surface area (Å²) >= 11 is 0. The SMILES string of the molecule is CC(=O)O[C@@]12CO[C@@H]1C[C@H](O)[C@@]1(C)C(=O)[C@H](OC(=O)c3ccccc3[N+](=O)[O-])C3=C(C)[C@@H](OC(=O)[C@H](OC(=O)c4ccccc4[N+](=O)[O-])[C@@H](NC(=O)c4ccccc4)c4ccccc4)C[C@@](O)([C@@H](OC(=O)c4ccccc4)[C@H]21)C3(C)C. The fourth-order valence-electron chi connectivity index (χ4n) is 12.1. The number of hydrogen-bond acceptors (Lipinski definition) is 19. The smallest absolute Gasteiger partial charge is 0.350 e. The van der Waals surface area contributed by atoms with Gasteiger partial charge in [-0.05, 0) is 67.0 Å². The van der Waals surface area contributed by atoms with Crippen LogP contribution in [0.5, 0.6) is 0 Å². The number of aliphatic hydroxyl groups is 2. The van der Waals surface area contributed by atoms with E-state index in [-0.39, 0.29) is 34.3 Å². The van der Waals surface area contributed by atoms with Gasteiger partial charge in [0.15, 0.2) is 17.5 Å². The van der Waals surface area contributed by atoms with Crippen LogP contribution < -0.4 is 5.32 Å². The highest BCUT2D eigenvalue weighted by atomic mass is 16.6. The van der Waals surface area contributed by atoms with E-state index in [1.165, 1.54) is 100 Å². The van der Waals surface area contributed by atoms with E-state index in [0.717, 1.165) is 31.2 Å². The van der Waals surface area contributed by atoms with Gasteiger partial charge in [-0.15, -0.1) is 0 Å². The normalized spacial score (nSPS) is 26.9. The first-order valence-corrected chi connectivity index (χ1v) is 25.7. The van der Waals surface area contributed by atoms with Gasteiger partial charge in [0, 0.05) is 42.9 Å². The number of ketones is 1. The van der Waals surface area contributed by atoms with E-state index in [1.807, 2.05) is 0 Å². The Morgan fingerprint density at radius 3 is 1.79 bits per heavy atom. The third-order valence-corrected chi connectivity index (χ3v) is 16.3. The van der Waals surface area contributed by atoms with E-state index in [0.29, 0.717) is 0 Å². The molecule has 9 rings (SSSR count). The van der Waals surface area contributed by atoms with Gasteiger partial charge in [0.2, 0.25) is 6.10 Å². The topological polar surface area (TPSA) is 314 Å². The Balaban J connectivity index is 1.26. The molecule has 81 heavy (non-hydrogen) atoms. The van der Waals surface area contributed by atoms with Gasteiger partial charge in [-0.2, -0.15) is 0 Å². The lowest BCUT2D eigenvalue weighted by Crippen LogP contribution is -2.82. The monoisotopic (exact) mass is 1110 g/mol. The molecule has 1 heterocycles. The number of nitrogens with one attached hydrogen (secondary N) is 1. The maximum absolute atomic E-state index is 16.3. The van der Waals surface area contributed by atoms with Crippen LogP contribution >= 0.6 is 0 Å². The molecule has 0 aromatic heterocycles. The number of carbonyl (C=O) groups excluding carboxylic acids is 7. The van der Waals surface area contributed by atoms with Gasteiger partial charge in [0.1, 0.15) is 41.1 Å². The summed E-state index contributed by atoms with van der Waals surface area (Å²) in [5.74, 6) is -9.97. The Morgan fingerprint density at radius 2 is 1.25 bits per heavy atom. The number of rotatable bonds is 15. The molecular formula is C59H55N3O19. The number of carbonyl (C=O) groups is 7. The number of nitrogens with zero attached hydrogens (tertiary/aromatic N) is 2. The number of nitro benzene ring substituents is 2. The molecular weight excluding hydrogens is 1050 g/mol. The van der Waals surface area contributed by atoms with Crippen LogP contribution in [0.2, 0.25) is 0 Å². The Bertz CT molecular complexity index is 3390. The van der Waals surface area contributed by atoms with Crippen LogP contribution in [0.1, 0.15) is 100 Å². The number of para-hydroxylation sites is 2. The van der Waals surface area contributed by atoms with Crippen LogP contribution in [0.4, 0.5) is 11.4 Å². The molecule has 5 aromatic carbocycles. The third-order valence-electron chi connectivity index (χ3n) is 16.3. The summed E-state index contributed by atoms with van der Waals surface area (Å²) in [6.07, 6.45) is -12.6. The average Bonchev–Trinajstić information content (AvgIpc) is 2.04. The minimum Gasteiger partial charge on any atom is -0.455 e. The zero-order chi connectivity index (χ0) is 58.3. The lowest BCUT2D eigenvalue weighted by atomic mass is 9.44. The van der Waals surface area contributed by atoms with Crippen molar-refractivity contribution in [3.8, 4) is 0 Å². The lowest BCUT2D eigenvalue weighted by Gasteiger charge is -2.67. The maximum atomic E-state index is 16.3. The highest BCUT2D eigenvalue weighted by molar-refractivity contribution is 6.00. The molecule has 3 N–H and O–H groups in total. The quantitative estimate of drug-likeness (QED) is 0.0322. The van der Waals surface area contributed by atoms with Gasteiger partial charge in [-0.1, -0.05) is 105 Å². The molecule has 0 radical (unpaired) electrons. The summed E-state index contributed by atoms with van der Waals surface area (Å²) in [4.78, 5) is 126. The largest absolute Gasteiger partial charge is 0.455 e. The Kier molecular flexibility index (Phi) is 15.3. The fourth-order valence-corrected chi connectivity index (χ4v) is 12.1. The van der Waals surface area contributed by atoms with Crippen LogP contribution in [0, 0.1) is 37.0 Å². The number of fused-ring (bicyclic) bond motifs is 5. The maximum Gasteiger partial charge on any atom is 0.350 e. The standard InChI is InChI=1S/C59H55N3O19/c1-32-41(77-55(70)47(79-54(69)38-26-16-18-28-40(38)62(74)75)45(34-19-9-6-10-20-34)60-51(66)35-21-11-7-12-22-35)30-59(71)50(80-52(67)36-23-13-8-14-24-36)48-57(5,42(64)29-43-58(48,31-76-43)81-33(2)63)49(65)46(44(32)56(59,3)4)78-53(68)37-25-15-17-27-39(37)61(72)73/h6-28,41-43,45-48,50,64,71H,29-31H2,1-5H3,(H,60,66)/t41-,42-,43+,45-,46+,47+,48-,50-,57+,58-,59+/m0/s1. The predicted molar refractivity (Wildman–Crippen MR) is 281 cm³/mol. The molecule has 1 aliphatic heterocycles. The molecule has 2 bridgehead atoms. The number of hydrogen-bond donors (Lipinski definition) is 3. The van der Waals surface area contributed by atoms with E-state index < -0.39 is 158 Å². The van der Waals surface area contributed by atoms with Crippen molar-refractivity contribution in [2.45, 2.75) is 101 Å². The first-order chi connectivity index (χ1) is 38.5. The van der Waals surface area contributed by atoms with Gasteiger partial charge in [0.05, 0.1) is 39.5 Å². The van der Waals surface area contributed by atoms with E-state index in [1.54, 1.807) is 42.5 Å². The van der Waals surface area contributed by atoms with Crippen molar-refractivity contribution >= 4 is 52.9 Å². The molecule has 5 aromatic rings. The summed E-state index contributed by atoms with van der Waals surface area (Å²) in [5.41, 5.74) is -11.9.